The van der Waals surface area contributed by atoms with Crippen molar-refractivity contribution >= 4 is 23.5 Å². The molecule has 7 heteroatoms. The van der Waals surface area contributed by atoms with Crippen LogP contribution in [0.3, 0.4) is 0 Å². The highest BCUT2D eigenvalue weighted by Crippen LogP contribution is 2.25. The molecule has 108 valence electrons. The number of nitrogens with zero attached hydrogens (tertiary/aromatic N) is 1. The van der Waals surface area contributed by atoms with Crippen LogP contribution in [0.2, 0.25) is 5.02 Å². The second kappa shape index (κ2) is 5.68. The molecule has 0 radical (unpaired) electrons. The number of carboxylic acids is 1. The summed E-state index contributed by atoms with van der Waals surface area (Å²) in [4.78, 5) is 24.8. The largest absolute Gasteiger partial charge is 0.508 e. The second-order valence-electron chi connectivity index (χ2n) is 4.63. The number of rotatable bonds is 3. The summed E-state index contributed by atoms with van der Waals surface area (Å²) in [5, 5.41) is 18.7. The highest BCUT2D eigenvalue weighted by atomic mass is 35.5. The Morgan fingerprint density at radius 1 is 1.40 bits per heavy atom. The van der Waals surface area contributed by atoms with Gasteiger partial charge in [-0.1, -0.05) is 11.6 Å². The summed E-state index contributed by atoms with van der Waals surface area (Å²) in [5.41, 5.74) is 0.130. The molecule has 20 heavy (non-hydrogen) atoms. The molecular weight excluding hydrogens is 286 g/mol. The summed E-state index contributed by atoms with van der Waals surface area (Å²) < 4.78 is 5.14. The Balaban J connectivity index is 2.24. The zero-order valence-electron chi connectivity index (χ0n) is 10.7. The van der Waals surface area contributed by atoms with E-state index < -0.39 is 23.8 Å². The van der Waals surface area contributed by atoms with Gasteiger partial charge in [0, 0.05) is 7.05 Å². The van der Waals surface area contributed by atoms with E-state index in [1.807, 2.05) is 0 Å². The van der Waals surface area contributed by atoms with Crippen LogP contribution in [0.25, 0.3) is 0 Å². The van der Waals surface area contributed by atoms with E-state index in [9.17, 15) is 14.7 Å². The number of aromatic hydroxyl groups is 1. The van der Waals surface area contributed by atoms with Gasteiger partial charge in [-0.25, -0.2) is 0 Å². The first-order chi connectivity index (χ1) is 9.41. The number of hydrogen-bond acceptors (Lipinski definition) is 4. The van der Waals surface area contributed by atoms with Crippen molar-refractivity contribution in [2.24, 2.45) is 5.92 Å². The van der Waals surface area contributed by atoms with Crippen LogP contribution >= 0.6 is 11.6 Å². The van der Waals surface area contributed by atoms with E-state index in [0.717, 1.165) is 0 Å². The molecular formula is C13H14ClNO5. The maximum Gasteiger partial charge on any atom is 0.311 e. The number of benzene rings is 1. The third-order valence-electron chi connectivity index (χ3n) is 3.37. The van der Waals surface area contributed by atoms with E-state index >= 15 is 0 Å². The smallest absolute Gasteiger partial charge is 0.311 e. The van der Waals surface area contributed by atoms with Crippen LogP contribution in [0, 0.1) is 5.92 Å². The normalized spacial score (nSPS) is 21.7. The summed E-state index contributed by atoms with van der Waals surface area (Å²) in [6.07, 6.45) is 0. The molecule has 1 heterocycles. The minimum atomic E-state index is -1.01. The van der Waals surface area contributed by atoms with Crippen molar-refractivity contribution in [2.75, 3.05) is 20.3 Å². The van der Waals surface area contributed by atoms with Crippen LogP contribution in [0.15, 0.2) is 18.2 Å². The van der Waals surface area contributed by atoms with Crippen molar-refractivity contribution in [3.63, 3.8) is 0 Å². The number of halogens is 1. The number of phenolic OH excluding ortho intramolecular Hbond substituents is 1. The lowest BCUT2D eigenvalue weighted by atomic mass is 10.0. The summed E-state index contributed by atoms with van der Waals surface area (Å²) in [7, 11) is 1.50. The van der Waals surface area contributed by atoms with E-state index in [2.05, 4.69) is 0 Å². The van der Waals surface area contributed by atoms with E-state index in [1.165, 1.54) is 30.1 Å². The lowest BCUT2D eigenvalue weighted by Crippen LogP contribution is -2.44. The average Bonchev–Trinajstić information content (AvgIpc) is 2.89. The van der Waals surface area contributed by atoms with Crippen molar-refractivity contribution in [1.82, 2.24) is 4.90 Å². The van der Waals surface area contributed by atoms with Gasteiger partial charge in [-0.2, -0.15) is 0 Å². The molecule has 6 nitrogen and oxygen atoms in total. The molecule has 1 aliphatic heterocycles. The standard InChI is InChI=1S/C13H14ClNO5/c1-15(11-6-20-5-9(11)13(18)19)12(17)8-4-7(16)2-3-10(8)14/h2-4,9,11,16H,5-6H2,1H3,(H,18,19). The molecule has 1 fully saturated rings. The first-order valence-electron chi connectivity index (χ1n) is 5.98. The average molecular weight is 300 g/mol. The van der Waals surface area contributed by atoms with Gasteiger partial charge in [0.1, 0.15) is 11.7 Å². The molecule has 2 unspecified atom stereocenters. The van der Waals surface area contributed by atoms with Crippen LogP contribution in [0.1, 0.15) is 10.4 Å². The summed E-state index contributed by atoms with van der Waals surface area (Å²) in [6.45, 7) is 0.237. The highest BCUT2D eigenvalue weighted by molar-refractivity contribution is 6.33. The first kappa shape index (κ1) is 14.6. The molecule has 0 spiro atoms. The van der Waals surface area contributed by atoms with E-state index in [-0.39, 0.29) is 29.5 Å². The number of carboxylic acid groups (broad SMARTS) is 1. The molecule has 1 aromatic carbocycles. The monoisotopic (exact) mass is 299 g/mol. The third kappa shape index (κ3) is 2.71. The van der Waals surface area contributed by atoms with Crippen LogP contribution in [-0.4, -0.2) is 53.3 Å². The number of hydrogen-bond donors (Lipinski definition) is 2. The van der Waals surface area contributed by atoms with Gasteiger partial charge in [-0.3, -0.25) is 9.59 Å². The Labute approximate surface area is 120 Å². The van der Waals surface area contributed by atoms with Crippen molar-refractivity contribution < 1.29 is 24.5 Å². The van der Waals surface area contributed by atoms with Gasteiger partial charge in [0.2, 0.25) is 0 Å². The Bertz CT molecular complexity index is 548. The predicted octanol–water partition coefficient (Wildman–Crippen LogP) is 1.22. The van der Waals surface area contributed by atoms with E-state index in [4.69, 9.17) is 21.4 Å². The summed E-state index contributed by atoms with van der Waals surface area (Å²) in [6, 6.07) is 3.49. The van der Waals surface area contributed by atoms with Crippen LogP contribution in [0.4, 0.5) is 0 Å². The van der Waals surface area contributed by atoms with Crippen LogP contribution < -0.4 is 0 Å². The highest BCUT2D eigenvalue weighted by Gasteiger charge is 2.39. The van der Waals surface area contributed by atoms with Gasteiger partial charge in [-0.15, -0.1) is 0 Å². The maximum absolute atomic E-state index is 12.4. The lowest BCUT2D eigenvalue weighted by Gasteiger charge is -2.26. The van der Waals surface area contributed by atoms with Crippen molar-refractivity contribution in [3.8, 4) is 5.75 Å². The zero-order chi connectivity index (χ0) is 14.9. The lowest BCUT2D eigenvalue weighted by molar-refractivity contribution is -0.142. The first-order valence-corrected chi connectivity index (χ1v) is 6.36. The molecule has 1 aromatic rings. The third-order valence-corrected chi connectivity index (χ3v) is 3.70. The van der Waals surface area contributed by atoms with E-state index in [1.54, 1.807) is 0 Å². The van der Waals surface area contributed by atoms with Gasteiger partial charge in [-0.05, 0) is 18.2 Å². The quantitative estimate of drug-likeness (QED) is 0.876. The number of ether oxygens (including phenoxy) is 1. The topological polar surface area (TPSA) is 87.1 Å². The fourth-order valence-corrected chi connectivity index (χ4v) is 2.38. The molecule has 0 aromatic heterocycles. The molecule has 2 rings (SSSR count). The van der Waals surface area contributed by atoms with E-state index in [0.29, 0.717) is 0 Å². The molecule has 0 aliphatic carbocycles. The molecule has 2 N–H and O–H groups in total. The SMILES string of the molecule is CN(C(=O)c1cc(O)ccc1Cl)C1COCC1C(=O)O. The second-order valence-corrected chi connectivity index (χ2v) is 5.04. The Hall–Kier alpha value is -1.79. The molecule has 1 saturated heterocycles. The summed E-state index contributed by atoms with van der Waals surface area (Å²) in [5.74, 6) is -2.30. The number of carbonyl (C=O) groups is 2. The number of carbonyl (C=O) groups excluding carboxylic acids is 1. The molecule has 2 atom stereocenters. The zero-order valence-corrected chi connectivity index (χ0v) is 11.5. The van der Waals surface area contributed by atoms with Crippen molar-refractivity contribution in [2.45, 2.75) is 6.04 Å². The van der Waals surface area contributed by atoms with Crippen LogP contribution in [0.5, 0.6) is 5.75 Å². The number of aliphatic carboxylic acids is 1. The van der Waals surface area contributed by atoms with Crippen molar-refractivity contribution in [3.05, 3.63) is 28.8 Å². The van der Waals surface area contributed by atoms with Crippen molar-refractivity contribution in [1.29, 1.82) is 0 Å². The van der Waals surface area contributed by atoms with Gasteiger partial charge in [0.05, 0.1) is 29.8 Å². The maximum atomic E-state index is 12.4. The predicted molar refractivity (Wildman–Crippen MR) is 70.9 cm³/mol. The molecule has 1 amide bonds. The van der Waals surface area contributed by atoms with Gasteiger partial charge >= 0.3 is 5.97 Å². The molecule has 1 aliphatic rings. The fourth-order valence-electron chi connectivity index (χ4n) is 2.18. The molecule has 0 bridgehead atoms. The minimum Gasteiger partial charge on any atom is -0.508 e. The Morgan fingerprint density at radius 3 is 2.75 bits per heavy atom. The number of likely N-dealkylation sites (N-methyl/N-ethyl adjacent to an activating group) is 1. The Kier molecular flexibility index (Phi) is 4.15. The Morgan fingerprint density at radius 2 is 2.10 bits per heavy atom. The fraction of sp³-hybridized carbons (Fsp3) is 0.385. The number of phenols is 1. The van der Waals surface area contributed by atoms with Gasteiger partial charge in [0.25, 0.3) is 5.91 Å². The molecule has 0 saturated carbocycles. The van der Waals surface area contributed by atoms with Gasteiger partial charge < -0.3 is 19.8 Å². The number of amides is 1. The van der Waals surface area contributed by atoms with Crippen LogP contribution in [-0.2, 0) is 9.53 Å². The summed E-state index contributed by atoms with van der Waals surface area (Å²) >= 11 is 5.93. The van der Waals surface area contributed by atoms with Gasteiger partial charge in [0.15, 0.2) is 0 Å². The minimum absolute atomic E-state index is 0.0748.